The average molecular weight is 532 g/mol. The number of ether oxygens (including phenoxy) is 3. The van der Waals surface area contributed by atoms with Crippen LogP contribution < -0.4 is 24.6 Å². The van der Waals surface area contributed by atoms with Crippen LogP contribution in [-0.4, -0.2) is 64.9 Å². The monoisotopic (exact) mass is 531 g/mol. The Morgan fingerprint density at radius 2 is 2.14 bits per heavy atom. The fourth-order valence-electron chi connectivity index (χ4n) is 4.84. The molecule has 0 aliphatic carbocycles. The van der Waals surface area contributed by atoms with E-state index >= 15 is 0 Å². The average Bonchev–Trinajstić information content (AvgIpc) is 3.55. The molecule has 2 aliphatic rings. The Labute approximate surface area is 220 Å². The molecule has 2 aromatic carbocycles. The maximum Gasteiger partial charge on any atom is 0.414 e. The lowest BCUT2D eigenvalue weighted by Crippen LogP contribution is -2.51. The van der Waals surface area contributed by atoms with Crippen LogP contribution in [-0.2, 0) is 4.74 Å². The van der Waals surface area contributed by atoms with E-state index in [2.05, 4.69) is 39.9 Å². The minimum Gasteiger partial charge on any atom is -0.493 e. The maximum atomic E-state index is 11.9. The predicted molar refractivity (Wildman–Crippen MR) is 145 cm³/mol. The van der Waals surface area contributed by atoms with Gasteiger partial charge >= 0.3 is 6.09 Å². The Morgan fingerprint density at radius 3 is 2.92 bits per heavy atom. The van der Waals surface area contributed by atoms with E-state index in [0.29, 0.717) is 48.6 Å². The normalized spacial score (nSPS) is 17.6. The Bertz CT molecular complexity index is 1220. The molecule has 1 amide bonds. The van der Waals surface area contributed by atoms with Crippen molar-refractivity contribution in [1.29, 1.82) is 0 Å². The molecule has 8 nitrogen and oxygen atoms in total. The summed E-state index contributed by atoms with van der Waals surface area (Å²) in [4.78, 5) is 27.8. The molecule has 192 valence electrons. The first-order valence-electron chi connectivity index (χ1n) is 11.9. The molecule has 3 heterocycles. The largest absolute Gasteiger partial charge is 0.493 e. The molecule has 0 spiro atoms. The van der Waals surface area contributed by atoms with Gasteiger partial charge in [-0.05, 0) is 42.5 Å². The van der Waals surface area contributed by atoms with Crippen LogP contribution in [0.2, 0.25) is 0 Å². The van der Waals surface area contributed by atoms with Crippen molar-refractivity contribution in [2.75, 3.05) is 56.3 Å². The summed E-state index contributed by atoms with van der Waals surface area (Å²) in [6.07, 6.45) is 2.08. The van der Waals surface area contributed by atoms with E-state index in [1.54, 1.807) is 23.5 Å². The molecule has 1 atom stereocenters. The smallest absolute Gasteiger partial charge is 0.414 e. The van der Waals surface area contributed by atoms with Gasteiger partial charge in [-0.2, -0.15) is 0 Å². The number of halogens is 1. The molecule has 2 saturated heterocycles. The molecule has 1 aromatic heterocycles. The van der Waals surface area contributed by atoms with Crippen molar-refractivity contribution in [3.63, 3.8) is 0 Å². The standard InChI is InChI=1S/C26H29N3O5S.ClH/c1-32-23-15-20(29-10-12-34-26(29)31)14-18(17-30)25(23)33-11-3-4-19-16-27-8-9-28(19)22-5-2-6-24-21(22)7-13-35-24;/h2,5-7,13-15,17,19,27H,3-4,8-12,16H2,1H3;1H. The molecule has 0 bridgehead atoms. The molecular formula is C26H30ClN3O5S. The van der Waals surface area contributed by atoms with Gasteiger partial charge in [0.1, 0.15) is 6.61 Å². The zero-order chi connectivity index (χ0) is 24.2. The van der Waals surface area contributed by atoms with Crippen molar-refractivity contribution >= 4 is 57.6 Å². The Kier molecular flexibility index (Phi) is 8.56. The molecule has 1 unspecified atom stereocenters. The van der Waals surface area contributed by atoms with E-state index in [0.717, 1.165) is 38.8 Å². The number of hydrogen-bond acceptors (Lipinski definition) is 8. The number of carbonyl (C=O) groups is 2. The van der Waals surface area contributed by atoms with Gasteiger partial charge in [-0.3, -0.25) is 9.69 Å². The Hall–Kier alpha value is -3.01. The van der Waals surface area contributed by atoms with Crippen LogP contribution in [0.15, 0.2) is 41.8 Å². The number of hydrogen-bond donors (Lipinski definition) is 1. The summed E-state index contributed by atoms with van der Waals surface area (Å²) in [5, 5.41) is 6.98. The fourth-order valence-corrected chi connectivity index (χ4v) is 5.65. The van der Waals surface area contributed by atoms with Gasteiger partial charge in [0, 0.05) is 47.5 Å². The number of methoxy groups -OCH3 is 1. The van der Waals surface area contributed by atoms with Crippen molar-refractivity contribution in [3.8, 4) is 11.5 Å². The third-order valence-corrected chi connectivity index (χ3v) is 7.43. The lowest BCUT2D eigenvalue weighted by molar-refractivity contribution is 0.111. The number of cyclic esters (lactones) is 1. The zero-order valence-corrected chi connectivity index (χ0v) is 21.7. The number of benzene rings is 2. The third-order valence-electron chi connectivity index (χ3n) is 6.55. The minimum atomic E-state index is -0.429. The highest BCUT2D eigenvalue weighted by Crippen LogP contribution is 2.37. The van der Waals surface area contributed by atoms with Crippen LogP contribution >= 0.6 is 23.7 Å². The van der Waals surface area contributed by atoms with Crippen LogP contribution in [0.1, 0.15) is 23.2 Å². The van der Waals surface area contributed by atoms with E-state index in [9.17, 15) is 9.59 Å². The molecule has 2 fully saturated rings. The first-order valence-corrected chi connectivity index (χ1v) is 12.8. The zero-order valence-electron chi connectivity index (χ0n) is 20.1. The molecule has 1 N–H and O–H groups in total. The van der Waals surface area contributed by atoms with Gasteiger partial charge in [0.15, 0.2) is 17.8 Å². The first kappa shape index (κ1) is 26.1. The third kappa shape index (κ3) is 5.23. The quantitative estimate of drug-likeness (QED) is 0.315. The fraction of sp³-hybridized carbons (Fsp3) is 0.385. The number of piperazine rings is 1. The van der Waals surface area contributed by atoms with Crippen LogP contribution in [0.5, 0.6) is 11.5 Å². The van der Waals surface area contributed by atoms with Gasteiger partial charge in [0.05, 0.1) is 31.5 Å². The van der Waals surface area contributed by atoms with Gasteiger partial charge in [-0.1, -0.05) is 6.07 Å². The second-order valence-corrected chi connectivity index (χ2v) is 9.55. The molecule has 10 heteroatoms. The Morgan fingerprint density at radius 1 is 1.25 bits per heavy atom. The molecular weight excluding hydrogens is 502 g/mol. The van der Waals surface area contributed by atoms with E-state index in [1.807, 2.05) is 0 Å². The summed E-state index contributed by atoms with van der Waals surface area (Å²) < 4.78 is 17.9. The number of carbonyl (C=O) groups excluding carboxylic acids is 2. The number of nitrogens with zero attached hydrogens (tertiary/aromatic N) is 2. The number of thiophene rings is 1. The highest BCUT2D eigenvalue weighted by atomic mass is 35.5. The lowest BCUT2D eigenvalue weighted by atomic mass is 10.1. The predicted octanol–water partition coefficient (Wildman–Crippen LogP) is 4.74. The summed E-state index contributed by atoms with van der Waals surface area (Å²) in [6, 6.07) is 12.4. The second kappa shape index (κ2) is 11.8. The van der Waals surface area contributed by atoms with E-state index < -0.39 is 6.09 Å². The van der Waals surface area contributed by atoms with Crippen molar-refractivity contribution < 1.29 is 23.8 Å². The van der Waals surface area contributed by atoms with Crippen molar-refractivity contribution in [3.05, 3.63) is 47.3 Å². The van der Waals surface area contributed by atoms with Gasteiger partial charge in [-0.25, -0.2) is 4.79 Å². The second-order valence-electron chi connectivity index (χ2n) is 8.60. The van der Waals surface area contributed by atoms with Gasteiger partial charge in [0.25, 0.3) is 0 Å². The maximum absolute atomic E-state index is 11.9. The van der Waals surface area contributed by atoms with Crippen LogP contribution in [0.3, 0.4) is 0 Å². The highest BCUT2D eigenvalue weighted by Gasteiger charge is 2.27. The molecule has 3 aromatic rings. The number of aldehydes is 1. The number of fused-ring (bicyclic) bond motifs is 1. The van der Waals surface area contributed by atoms with Gasteiger partial charge < -0.3 is 24.4 Å². The number of amides is 1. The summed E-state index contributed by atoms with van der Waals surface area (Å²) in [7, 11) is 1.53. The highest BCUT2D eigenvalue weighted by molar-refractivity contribution is 7.17. The van der Waals surface area contributed by atoms with Crippen molar-refractivity contribution in [1.82, 2.24) is 5.32 Å². The Balaban J connectivity index is 0.00000304. The summed E-state index contributed by atoms with van der Waals surface area (Å²) in [6.45, 7) is 4.06. The van der Waals surface area contributed by atoms with E-state index in [-0.39, 0.29) is 12.4 Å². The molecule has 0 saturated carbocycles. The molecule has 2 aliphatic heterocycles. The molecule has 0 radical (unpaired) electrons. The lowest BCUT2D eigenvalue weighted by Gasteiger charge is -2.38. The molecule has 36 heavy (non-hydrogen) atoms. The number of anilines is 2. The van der Waals surface area contributed by atoms with Crippen molar-refractivity contribution in [2.24, 2.45) is 0 Å². The van der Waals surface area contributed by atoms with E-state index in [4.69, 9.17) is 14.2 Å². The van der Waals surface area contributed by atoms with Crippen LogP contribution in [0.25, 0.3) is 10.1 Å². The first-order chi connectivity index (χ1) is 17.2. The number of rotatable bonds is 9. The van der Waals surface area contributed by atoms with Gasteiger partial charge in [-0.15, -0.1) is 23.7 Å². The summed E-state index contributed by atoms with van der Waals surface area (Å²) >= 11 is 1.77. The SMILES string of the molecule is COc1cc(N2CCOC2=O)cc(C=O)c1OCCCC1CNCCN1c1cccc2sccc12.Cl. The topological polar surface area (TPSA) is 80.3 Å². The number of nitrogens with one attached hydrogen (secondary N) is 1. The van der Waals surface area contributed by atoms with Gasteiger partial charge in [0.2, 0.25) is 0 Å². The summed E-state index contributed by atoms with van der Waals surface area (Å²) in [5.74, 6) is 0.829. The minimum absolute atomic E-state index is 0. The molecule has 5 rings (SSSR count). The van der Waals surface area contributed by atoms with Crippen LogP contribution in [0, 0.1) is 0 Å². The van der Waals surface area contributed by atoms with E-state index in [1.165, 1.54) is 27.8 Å². The van der Waals surface area contributed by atoms with Crippen molar-refractivity contribution in [2.45, 2.75) is 18.9 Å². The summed E-state index contributed by atoms with van der Waals surface area (Å²) in [5.41, 5.74) is 2.20. The van der Waals surface area contributed by atoms with Crippen LogP contribution in [0.4, 0.5) is 16.2 Å².